The number of hydrogen-bond acceptors (Lipinski definition) is 3. The summed E-state index contributed by atoms with van der Waals surface area (Å²) in [5.41, 5.74) is 0. The molecule has 0 radical (unpaired) electrons. The maximum absolute atomic E-state index is 12.5. The van der Waals surface area contributed by atoms with Crippen LogP contribution in [0.5, 0.6) is 0 Å². The number of nitrogens with zero attached hydrogens (tertiary/aromatic N) is 2. The molecule has 0 aromatic rings. The van der Waals surface area contributed by atoms with Gasteiger partial charge in [-0.25, -0.2) is 4.79 Å². The molecule has 2 amide bonds. The molecule has 22 heavy (non-hydrogen) atoms. The van der Waals surface area contributed by atoms with Crippen molar-refractivity contribution in [2.24, 2.45) is 5.92 Å². The van der Waals surface area contributed by atoms with Crippen molar-refractivity contribution in [3.63, 3.8) is 0 Å². The minimum Gasteiger partial charge on any atom is -0.465 e. The van der Waals surface area contributed by atoms with Crippen molar-refractivity contribution in [2.45, 2.75) is 64.6 Å². The molecule has 0 saturated carbocycles. The first-order valence-corrected chi connectivity index (χ1v) is 8.48. The number of piperidine rings is 1. The van der Waals surface area contributed by atoms with E-state index < -0.39 is 12.1 Å². The standard InChI is InChI=1S/C16H29N3O3/c1-4-5-12-10-18(11(2)3)8-7-14(12)19-9-6-13(15(19)20)17-16(21)22/h11-14,17H,4-10H2,1-3H3,(H,21,22)/t12-,13-,14-/m0/s1. The summed E-state index contributed by atoms with van der Waals surface area (Å²) >= 11 is 0. The van der Waals surface area contributed by atoms with Crippen LogP contribution in [0.1, 0.15) is 46.5 Å². The van der Waals surface area contributed by atoms with Crippen molar-refractivity contribution in [1.29, 1.82) is 0 Å². The molecule has 3 atom stereocenters. The minimum absolute atomic E-state index is 0.0356. The number of amides is 2. The summed E-state index contributed by atoms with van der Waals surface area (Å²) in [6, 6.07) is 0.252. The lowest BCUT2D eigenvalue weighted by Gasteiger charge is -2.44. The van der Waals surface area contributed by atoms with Crippen molar-refractivity contribution < 1.29 is 14.7 Å². The van der Waals surface area contributed by atoms with E-state index in [0.29, 0.717) is 24.9 Å². The first-order chi connectivity index (χ1) is 10.4. The van der Waals surface area contributed by atoms with Crippen molar-refractivity contribution >= 4 is 12.0 Å². The Kier molecular flexibility index (Phi) is 5.67. The molecule has 6 nitrogen and oxygen atoms in total. The highest BCUT2D eigenvalue weighted by Gasteiger charge is 2.41. The Bertz CT molecular complexity index is 413. The van der Waals surface area contributed by atoms with E-state index in [1.54, 1.807) is 0 Å². The Labute approximate surface area is 132 Å². The zero-order valence-electron chi connectivity index (χ0n) is 13.9. The summed E-state index contributed by atoms with van der Waals surface area (Å²) in [7, 11) is 0. The van der Waals surface area contributed by atoms with Gasteiger partial charge in [0.25, 0.3) is 0 Å². The van der Waals surface area contributed by atoms with Gasteiger partial charge in [-0.15, -0.1) is 0 Å². The van der Waals surface area contributed by atoms with Gasteiger partial charge in [-0.1, -0.05) is 13.3 Å². The fraction of sp³-hybridized carbons (Fsp3) is 0.875. The van der Waals surface area contributed by atoms with E-state index in [0.717, 1.165) is 32.4 Å². The van der Waals surface area contributed by atoms with Gasteiger partial charge in [0.05, 0.1) is 0 Å². The van der Waals surface area contributed by atoms with Gasteiger partial charge in [0.2, 0.25) is 5.91 Å². The summed E-state index contributed by atoms with van der Waals surface area (Å²) in [6.07, 6.45) is 2.71. The van der Waals surface area contributed by atoms with Crippen LogP contribution >= 0.6 is 0 Å². The number of carbonyl (C=O) groups excluding carboxylic acids is 1. The van der Waals surface area contributed by atoms with E-state index in [-0.39, 0.29) is 11.9 Å². The van der Waals surface area contributed by atoms with Gasteiger partial charge in [0, 0.05) is 31.7 Å². The summed E-state index contributed by atoms with van der Waals surface area (Å²) in [4.78, 5) is 27.7. The number of nitrogens with one attached hydrogen (secondary N) is 1. The third kappa shape index (κ3) is 3.72. The van der Waals surface area contributed by atoms with Crippen molar-refractivity contribution in [2.75, 3.05) is 19.6 Å². The highest BCUT2D eigenvalue weighted by atomic mass is 16.4. The van der Waals surface area contributed by atoms with Crippen LogP contribution in [0, 0.1) is 5.92 Å². The predicted molar refractivity (Wildman–Crippen MR) is 84.8 cm³/mol. The number of rotatable bonds is 5. The topological polar surface area (TPSA) is 72.9 Å². The van der Waals surface area contributed by atoms with E-state index in [1.807, 2.05) is 4.90 Å². The first kappa shape index (κ1) is 17.1. The van der Waals surface area contributed by atoms with E-state index >= 15 is 0 Å². The number of hydrogen-bond donors (Lipinski definition) is 2. The zero-order valence-corrected chi connectivity index (χ0v) is 13.9. The predicted octanol–water partition coefficient (Wildman–Crippen LogP) is 1.75. The molecule has 0 unspecified atom stereocenters. The molecule has 0 spiro atoms. The molecule has 6 heteroatoms. The number of carbonyl (C=O) groups is 2. The van der Waals surface area contributed by atoms with Gasteiger partial charge >= 0.3 is 6.09 Å². The quantitative estimate of drug-likeness (QED) is 0.811. The van der Waals surface area contributed by atoms with Crippen LogP contribution in [0.3, 0.4) is 0 Å². The highest BCUT2D eigenvalue weighted by molar-refractivity contribution is 5.87. The molecule has 0 aromatic carbocycles. The van der Waals surface area contributed by atoms with E-state index in [2.05, 4.69) is 31.0 Å². The molecule has 2 heterocycles. The lowest BCUT2D eigenvalue weighted by molar-refractivity contribution is -0.133. The van der Waals surface area contributed by atoms with Crippen molar-refractivity contribution in [3.05, 3.63) is 0 Å². The molecule has 126 valence electrons. The molecular formula is C16H29N3O3. The van der Waals surface area contributed by atoms with Crippen LogP contribution in [-0.2, 0) is 4.79 Å². The van der Waals surface area contributed by atoms with Gasteiger partial charge in [0.15, 0.2) is 0 Å². The summed E-state index contributed by atoms with van der Waals surface area (Å²) in [5.74, 6) is 0.458. The SMILES string of the molecule is CCC[C@H]1CN(C(C)C)CC[C@@H]1N1CC[C@H](NC(=O)O)C1=O. The van der Waals surface area contributed by atoms with Gasteiger partial charge in [-0.3, -0.25) is 4.79 Å². The summed E-state index contributed by atoms with van der Waals surface area (Å²) in [6.45, 7) is 9.36. The molecule has 0 aromatic heterocycles. The second-order valence-electron chi connectivity index (χ2n) is 6.82. The molecule has 2 saturated heterocycles. The maximum atomic E-state index is 12.5. The first-order valence-electron chi connectivity index (χ1n) is 8.48. The lowest BCUT2D eigenvalue weighted by atomic mass is 9.86. The minimum atomic E-state index is -1.11. The Morgan fingerprint density at radius 1 is 1.36 bits per heavy atom. The average Bonchev–Trinajstić information content (AvgIpc) is 2.80. The third-order valence-electron chi connectivity index (χ3n) is 5.05. The fourth-order valence-electron chi connectivity index (χ4n) is 3.90. The normalized spacial score (nSPS) is 30.1. The van der Waals surface area contributed by atoms with E-state index in [4.69, 9.17) is 5.11 Å². The second kappa shape index (κ2) is 7.31. The van der Waals surface area contributed by atoms with Crippen LogP contribution in [0.2, 0.25) is 0 Å². The van der Waals surface area contributed by atoms with Crippen molar-refractivity contribution in [1.82, 2.24) is 15.1 Å². The molecule has 0 aliphatic carbocycles. The van der Waals surface area contributed by atoms with Crippen LogP contribution in [0.4, 0.5) is 4.79 Å². The fourth-order valence-corrected chi connectivity index (χ4v) is 3.90. The Morgan fingerprint density at radius 2 is 2.09 bits per heavy atom. The van der Waals surface area contributed by atoms with Crippen LogP contribution in [0.25, 0.3) is 0 Å². The third-order valence-corrected chi connectivity index (χ3v) is 5.05. The monoisotopic (exact) mass is 311 g/mol. The van der Waals surface area contributed by atoms with Gasteiger partial charge in [0.1, 0.15) is 6.04 Å². The second-order valence-corrected chi connectivity index (χ2v) is 6.82. The molecule has 2 N–H and O–H groups in total. The van der Waals surface area contributed by atoms with E-state index in [1.165, 1.54) is 0 Å². The smallest absolute Gasteiger partial charge is 0.405 e. The van der Waals surface area contributed by atoms with Crippen LogP contribution < -0.4 is 5.32 Å². The maximum Gasteiger partial charge on any atom is 0.405 e. The van der Waals surface area contributed by atoms with Crippen LogP contribution in [-0.4, -0.2) is 64.7 Å². The number of carboxylic acid groups (broad SMARTS) is 1. The van der Waals surface area contributed by atoms with Crippen molar-refractivity contribution in [3.8, 4) is 0 Å². The molecule has 2 aliphatic rings. The molecule has 2 aliphatic heterocycles. The molecular weight excluding hydrogens is 282 g/mol. The van der Waals surface area contributed by atoms with Gasteiger partial charge in [-0.05, 0) is 39.0 Å². The molecule has 2 rings (SSSR count). The molecule has 0 bridgehead atoms. The lowest BCUT2D eigenvalue weighted by Crippen LogP contribution is -2.54. The van der Waals surface area contributed by atoms with E-state index in [9.17, 15) is 9.59 Å². The highest BCUT2D eigenvalue weighted by Crippen LogP contribution is 2.30. The number of likely N-dealkylation sites (tertiary alicyclic amines) is 2. The Balaban J connectivity index is 2.03. The summed E-state index contributed by atoms with van der Waals surface area (Å²) < 4.78 is 0. The largest absolute Gasteiger partial charge is 0.465 e. The van der Waals surface area contributed by atoms with Crippen LogP contribution in [0.15, 0.2) is 0 Å². The Morgan fingerprint density at radius 3 is 2.68 bits per heavy atom. The summed E-state index contributed by atoms with van der Waals surface area (Å²) in [5, 5.41) is 11.2. The zero-order chi connectivity index (χ0) is 16.3. The van der Waals surface area contributed by atoms with Gasteiger partial charge in [-0.2, -0.15) is 0 Å². The Hall–Kier alpha value is -1.30. The average molecular weight is 311 g/mol. The molecule has 2 fully saturated rings. The van der Waals surface area contributed by atoms with Gasteiger partial charge < -0.3 is 20.2 Å².